The molecule has 0 saturated heterocycles. The van der Waals surface area contributed by atoms with Crippen molar-refractivity contribution in [2.24, 2.45) is 0 Å². The molecule has 5 aromatic rings. The summed E-state index contributed by atoms with van der Waals surface area (Å²) in [5.41, 5.74) is 1.23. The van der Waals surface area contributed by atoms with Gasteiger partial charge in [-0.2, -0.15) is 0 Å². The molecule has 144 valence electrons. The average molecular weight is 420 g/mol. The van der Waals surface area contributed by atoms with Crippen LogP contribution in [0.15, 0.2) is 74.3 Å². The van der Waals surface area contributed by atoms with Gasteiger partial charge in [-0.3, -0.25) is 0 Å². The number of thiophene rings is 1. The quantitative estimate of drug-likeness (QED) is 0.211. The van der Waals surface area contributed by atoms with Gasteiger partial charge in [-0.25, -0.2) is 4.79 Å². The van der Waals surface area contributed by atoms with Crippen LogP contribution in [0.2, 0.25) is 0 Å². The molecule has 0 unspecified atom stereocenters. The van der Waals surface area contributed by atoms with E-state index in [2.05, 4.69) is 39.9 Å². The van der Waals surface area contributed by atoms with E-state index in [0.717, 1.165) is 44.1 Å². The highest BCUT2D eigenvalue weighted by Gasteiger charge is 2.16. The molecule has 0 atom stereocenters. The van der Waals surface area contributed by atoms with Crippen molar-refractivity contribution in [1.82, 2.24) is 14.8 Å². The van der Waals surface area contributed by atoms with Crippen molar-refractivity contribution in [3.63, 3.8) is 0 Å². The molecule has 0 N–H and O–H groups in total. The molecule has 3 aromatic heterocycles. The lowest BCUT2D eigenvalue weighted by atomic mass is 10.0. The Morgan fingerprint density at radius 2 is 2.00 bits per heavy atom. The zero-order chi connectivity index (χ0) is 19.8. The molecule has 7 heteroatoms. The van der Waals surface area contributed by atoms with E-state index in [0.29, 0.717) is 11.3 Å². The number of rotatable bonds is 5. The summed E-state index contributed by atoms with van der Waals surface area (Å²) in [7, 11) is 0. The van der Waals surface area contributed by atoms with Crippen molar-refractivity contribution in [2.45, 2.75) is 24.4 Å². The maximum absolute atomic E-state index is 12.1. The van der Waals surface area contributed by atoms with E-state index < -0.39 is 0 Å². The molecule has 0 fully saturated rings. The van der Waals surface area contributed by atoms with Crippen LogP contribution in [-0.4, -0.2) is 14.8 Å². The number of aromatic nitrogens is 3. The Labute approximate surface area is 175 Å². The zero-order valence-corrected chi connectivity index (χ0v) is 17.3. The molecule has 0 saturated carbocycles. The van der Waals surface area contributed by atoms with E-state index in [1.165, 1.54) is 0 Å². The molecule has 5 rings (SSSR count). The minimum absolute atomic E-state index is 0.334. The Bertz CT molecular complexity index is 1370. The van der Waals surface area contributed by atoms with Crippen LogP contribution in [0.4, 0.5) is 0 Å². The molecular formula is C22H17N3O2S2. The van der Waals surface area contributed by atoms with Crippen LogP contribution in [0.1, 0.15) is 12.5 Å². The number of thioether (sulfide) groups is 1. The van der Waals surface area contributed by atoms with Crippen molar-refractivity contribution in [1.29, 1.82) is 0 Å². The molecule has 29 heavy (non-hydrogen) atoms. The van der Waals surface area contributed by atoms with Crippen molar-refractivity contribution in [3.05, 3.63) is 76.0 Å². The molecule has 2 aromatic carbocycles. The summed E-state index contributed by atoms with van der Waals surface area (Å²) in [5.74, 6) is 1.49. The lowest BCUT2D eigenvalue weighted by Gasteiger charge is -2.09. The standard InChI is InChI=1S/C22H17N3O2S2/c1-2-25-21(18-8-5-11-28-18)23-24-22(25)29-13-15-12-19(26)27-17-10-9-14-6-3-4-7-16(14)20(15)17/h3-12H,2,13H2,1H3. The van der Waals surface area contributed by atoms with Gasteiger partial charge in [-0.15, -0.1) is 21.5 Å². The number of nitrogens with zero attached hydrogens (tertiary/aromatic N) is 3. The molecule has 0 amide bonds. The van der Waals surface area contributed by atoms with E-state index in [1.54, 1.807) is 29.2 Å². The van der Waals surface area contributed by atoms with Gasteiger partial charge in [-0.1, -0.05) is 48.2 Å². The number of fused-ring (bicyclic) bond motifs is 3. The van der Waals surface area contributed by atoms with Crippen LogP contribution in [0.25, 0.3) is 32.4 Å². The van der Waals surface area contributed by atoms with E-state index in [-0.39, 0.29) is 5.63 Å². The highest BCUT2D eigenvalue weighted by atomic mass is 32.2. The van der Waals surface area contributed by atoms with Crippen LogP contribution >= 0.6 is 23.1 Å². The number of benzene rings is 2. The molecule has 0 spiro atoms. The Kier molecular flexibility index (Phi) is 4.69. The van der Waals surface area contributed by atoms with E-state index in [9.17, 15) is 4.79 Å². The third-order valence-corrected chi connectivity index (χ3v) is 6.73. The largest absolute Gasteiger partial charge is 0.423 e. The molecule has 0 aliphatic carbocycles. The van der Waals surface area contributed by atoms with Gasteiger partial charge in [0.05, 0.1) is 4.88 Å². The molecule has 0 radical (unpaired) electrons. The van der Waals surface area contributed by atoms with Crippen molar-refractivity contribution >= 4 is 44.8 Å². The first-order valence-electron chi connectivity index (χ1n) is 9.29. The summed E-state index contributed by atoms with van der Waals surface area (Å²) in [5, 5.41) is 14.9. The van der Waals surface area contributed by atoms with Gasteiger partial charge in [0.2, 0.25) is 0 Å². The monoisotopic (exact) mass is 419 g/mol. The van der Waals surface area contributed by atoms with Gasteiger partial charge >= 0.3 is 5.63 Å². The van der Waals surface area contributed by atoms with Crippen LogP contribution in [0, 0.1) is 0 Å². The van der Waals surface area contributed by atoms with E-state index in [4.69, 9.17) is 4.42 Å². The van der Waals surface area contributed by atoms with Gasteiger partial charge in [-0.05, 0) is 40.8 Å². The second kappa shape index (κ2) is 7.50. The van der Waals surface area contributed by atoms with Gasteiger partial charge < -0.3 is 8.98 Å². The molecular weight excluding hydrogens is 402 g/mol. The van der Waals surface area contributed by atoms with Crippen LogP contribution < -0.4 is 5.63 Å². The normalized spacial score (nSPS) is 11.5. The Morgan fingerprint density at radius 3 is 2.83 bits per heavy atom. The maximum atomic E-state index is 12.1. The summed E-state index contributed by atoms with van der Waals surface area (Å²) in [6, 6.07) is 17.7. The zero-order valence-electron chi connectivity index (χ0n) is 15.7. The smallest absolute Gasteiger partial charge is 0.336 e. The van der Waals surface area contributed by atoms with Crippen LogP contribution in [0.5, 0.6) is 0 Å². The maximum Gasteiger partial charge on any atom is 0.336 e. The fourth-order valence-corrected chi connectivity index (χ4v) is 5.24. The summed E-state index contributed by atoms with van der Waals surface area (Å²) >= 11 is 3.24. The summed E-state index contributed by atoms with van der Waals surface area (Å²) in [4.78, 5) is 13.2. The third kappa shape index (κ3) is 3.26. The molecule has 0 aliphatic heterocycles. The predicted molar refractivity (Wildman–Crippen MR) is 119 cm³/mol. The van der Waals surface area contributed by atoms with Gasteiger partial charge in [0.25, 0.3) is 0 Å². The topological polar surface area (TPSA) is 60.9 Å². The SMILES string of the molecule is CCn1c(SCc2cc(=O)oc3ccc4ccccc4c23)nnc1-c1cccs1. The highest BCUT2D eigenvalue weighted by Crippen LogP contribution is 2.32. The van der Waals surface area contributed by atoms with Crippen molar-refractivity contribution < 1.29 is 4.42 Å². The average Bonchev–Trinajstić information content (AvgIpc) is 3.40. The Hall–Kier alpha value is -2.90. The fourth-order valence-electron chi connectivity index (χ4n) is 3.54. The van der Waals surface area contributed by atoms with Gasteiger partial charge in [0.15, 0.2) is 11.0 Å². The van der Waals surface area contributed by atoms with E-state index in [1.807, 2.05) is 35.7 Å². The minimum atomic E-state index is -0.334. The summed E-state index contributed by atoms with van der Waals surface area (Å²) in [6.45, 7) is 2.87. The van der Waals surface area contributed by atoms with Gasteiger partial charge in [0, 0.05) is 23.8 Å². The first-order valence-corrected chi connectivity index (χ1v) is 11.2. The first kappa shape index (κ1) is 18.1. The second-order valence-corrected chi connectivity index (χ2v) is 8.46. The Morgan fingerprint density at radius 1 is 1.10 bits per heavy atom. The third-order valence-electron chi connectivity index (χ3n) is 4.85. The highest BCUT2D eigenvalue weighted by molar-refractivity contribution is 7.98. The number of hydrogen-bond acceptors (Lipinski definition) is 6. The molecule has 5 nitrogen and oxygen atoms in total. The van der Waals surface area contributed by atoms with Crippen molar-refractivity contribution in [3.8, 4) is 10.7 Å². The molecule has 0 aliphatic rings. The first-order chi connectivity index (χ1) is 14.2. The molecule has 3 heterocycles. The van der Waals surface area contributed by atoms with Crippen molar-refractivity contribution in [2.75, 3.05) is 0 Å². The van der Waals surface area contributed by atoms with E-state index >= 15 is 0 Å². The predicted octanol–water partition coefficient (Wildman–Crippen LogP) is 5.58. The lowest BCUT2D eigenvalue weighted by molar-refractivity contribution is 0.560. The van der Waals surface area contributed by atoms with Crippen LogP contribution in [-0.2, 0) is 12.3 Å². The summed E-state index contributed by atoms with van der Waals surface area (Å²) in [6.07, 6.45) is 0. The van der Waals surface area contributed by atoms with Gasteiger partial charge in [0.1, 0.15) is 5.58 Å². The summed E-state index contributed by atoms with van der Waals surface area (Å²) < 4.78 is 7.58. The molecule has 0 bridgehead atoms. The fraction of sp³-hybridized carbons (Fsp3) is 0.136. The minimum Gasteiger partial charge on any atom is -0.423 e. The Balaban J connectivity index is 1.56. The second-order valence-electron chi connectivity index (χ2n) is 6.57. The lowest BCUT2D eigenvalue weighted by Crippen LogP contribution is -2.02. The number of hydrogen-bond donors (Lipinski definition) is 0. The van der Waals surface area contributed by atoms with Crippen LogP contribution in [0.3, 0.4) is 0 Å².